The molecular weight excluding hydrogens is 364 g/mol. The van der Waals surface area contributed by atoms with Gasteiger partial charge in [-0.2, -0.15) is 0 Å². The molecule has 3 rings (SSSR count). The number of nitrogens with one attached hydrogen (secondary N) is 2. The van der Waals surface area contributed by atoms with Gasteiger partial charge in [-0.25, -0.2) is 0 Å². The first kappa shape index (κ1) is 19.6. The zero-order valence-corrected chi connectivity index (χ0v) is 16.9. The van der Waals surface area contributed by atoms with Gasteiger partial charge in [0.2, 0.25) is 0 Å². The molecule has 1 aliphatic carbocycles. The van der Waals surface area contributed by atoms with Crippen molar-refractivity contribution in [3.05, 3.63) is 46.5 Å². The first-order valence-corrected chi connectivity index (χ1v) is 9.59. The number of ether oxygens (including phenoxy) is 3. The molecule has 0 aromatic heterocycles. The largest absolute Gasteiger partial charge is 0.497 e. The van der Waals surface area contributed by atoms with Crippen molar-refractivity contribution >= 4 is 17.3 Å². The molecule has 0 fully saturated rings. The predicted molar refractivity (Wildman–Crippen MR) is 110 cm³/mol. The summed E-state index contributed by atoms with van der Waals surface area (Å²) < 4.78 is 16.0. The molecule has 0 saturated carbocycles. The van der Waals surface area contributed by atoms with Crippen LogP contribution in [-0.4, -0.2) is 34.4 Å². The highest BCUT2D eigenvalue weighted by Gasteiger charge is 2.22. The van der Waals surface area contributed by atoms with E-state index >= 15 is 0 Å². The van der Waals surface area contributed by atoms with Crippen LogP contribution in [0, 0.1) is 0 Å². The number of fused-ring (bicyclic) bond motifs is 1. The molecule has 1 unspecified atom stereocenters. The van der Waals surface area contributed by atoms with E-state index in [0.29, 0.717) is 6.04 Å². The molecule has 0 aliphatic heterocycles. The van der Waals surface area contributed by atoms with Crippen LogP contribution in [0.3, 0.4) is 0 Å². The summed E-state index contributed by atoms with van der Waals surface area (Å²) in [5, 5.41) is 7.87. The van der Waals surface area contributed by atoms with Gasteiger partial charge in [0.25, 0.3) is 0 Å². The molecule has 5 nitrogen and oxygen atoms in total. The van der Waals surface area contributed by atoms with Gasteiger partial charge in [-0.3, -0.25) is 0 Å². The molecule has 2 N–H and O–H groups in total. The van der Waals surface area contributed by atoms with E-state index in [-0.39, 0.29) is 0 Å². The van der Waals surface area contributed by atoms with Crippen molar-refractivity contribution < 1.29 is 14.2 Å². The second-order valence-corrected chi connectivity index (χ2v) is 7.01. The highest BCUT2D eigenvalue weighted by Crippen LogP contribution is 2.37. The summed E-state index contributed by atoms with van der Waals surface area (Å²) in [6, 6.07) is 10.1. The number of anilines is 1. The first-order valence-electron chi connectivity index (χ1n) is 9.21. The first-order chi connectivity index (χ1) is 13.1. The number of halogens is 1. The van der Waals surface area contributed by atoms with Gasteiger partial charge in [0.05, 0.1) is 21.3 Å². The Bertz CT molecular complexity index is 760. The van der Waals surface area contributed by atoms with Crippen LogP contribution in [0.15, 0.2) is 30.3 Å². The van der Waals surface area contributed by atoms with E-state index in [1.54, 1.807) is 21.3 Å². The molecule has 1 aliphatic rings. The fraction of sp³-hybridized carbons (Fsp3) is 0.429. The SMILES string of the molecule is COc1cc(NCCNC2CCCc3c(Cl)cc(OC)cc32)cc(OC)c1. The minimum Gasteiger partial charge on any atom is -0.497 e. The smallest absolute Gasteiger partial charge is 0.124 e. The summed E-state index contributed by atoms with van der Waals surface area (Å²) in [6.45, 7) is 1.62. The van der Waals surface area contributed by atoms with Gasteiger partial charge in [0.15, 0.2) is 0 Å². The highest BCUT2D eigenvalue weighted by molar-refractivity contribution is 6.31. The molecule has 0 amide bonds. The molecule has 6 heteroatoms. The zero-order chi connectivity index (χ0) is 19.2. The quantitative estimate of drug-likeness (QED) is 0.652. The topological polar surface area (TPSA) is 51.8 Å². The number of rotatable bonds is 8. The third kappa shape index (κ3) is 4.79. The van der Waals surface area contributed by atoms with E-state index in [2.05, 4.69) is 16.7 Å². The van der Waals surface area contributed by atoms with Gasteiger partial charge in [-0.15, -0.1) is 0 Å². The molecule has 2 aromatic carbocycles. The Labute approximate surface area is 166 Å². The molecule has 0 saturated heterocycles. The Morgan fingerprint density at radius 1 is 0.926 bits per heavy atom. The lowest BCUT2D eigenvalue weighted by molar-refractivity contribution is 0.394. The van der Waals surface area contributed by atoms with Gasteiger partial charge in [-0.1, -0.05) is 11.6 Å². The van der Waals surface area contributed by atoms with Gasteiger partial charge in [-0.05, 0) is 42.5 Å². The van der Waals surface area contributed by atoms with Crippen molar-refractivity contribution in [1.29, 1.82) is 0 Å². The predicted octanol–water partition coefficient (Wildman–Crippen LogP) is 4.44. The standard InChI is InChI=1S/C21H27ClN2O3/c1-25-15-9-14(10-16(11-15)26-2)23-7-8-24-21-6-4-5-18-19(21)12-17(27-3)13-20(18)22/h9-13,21,23-24H,4-8H2,1-3H3. The lowest BCUT2D eigenvalue weighted by atomic mass is 9.87. The lowest BCUT2D eigenvalue weighted by Crippen LogP contribution is -2.29. The molecule has 0 bridgehead atoms. The van der Waals surface area contributed by atoms with E-state index in [1.807, 2.05) is 24.3 Å². The number of hydrogen-bond acceptors (Lipinski definition) is 5. The summed E-state index contributed by atoms with van der Waals surface area (Å²) in [4.78, 5) is 0. The molecule has 0 heterocycles. The van der Waals surface area contributed by atoms with E-state index in [4.69, 9.17) is 25.8 Å². The van der Waals surface area contributed by atoms with Gasteiger partial charge < -0.3 is 24.8 Å². The second-order valence-electron chi connectivity index (χ2n) is 6.60. The fourth-order valence-electron chi connectivity index (χ4n) is 3.54. The molecule has 27 heavy (non-hydrogen) atoms. The maximum atomic E-state index is 6.45. The molecule has 0 radical (unpaired) electrons. The Kier molecular flexibility index (Phi) is 6.69. The molecule has 146 valence electrons. The Balaban J connectivity index is 1.60. The average molecular weight is 391 g/mol. The van der Waals surface area contributed by atoms with Crippen LogP contribution in [0.2, 0.25) is 5.02 Å². The summed E-state index contributed by atoms with van der Waals surface area (Å²) in [6.07, 6.45) is 3.26. The summed E-state index contributed by atoms with van der Waals surface area (Å²) in [7, 11) is 4.98. The van der Waals surface area contributed by atoms with Crippen LogP contribution in [0.4, 0.5) is 5.69 Å². The summed E-state index contributed by atoms with van der Waals surface area (Å²) in [5.41, 5.74) is 3.47. The van der Waals surface area contributed by atoms with Crippen LogP contribution in [-0.2, 0) is 6.42 Å². The Morgan fingerprint density at radius 3 is 2.26 bits per heavy atom. The van der Waals surface area contributed by atoms with E-state index in [9.17, 15) is 0 Å². The van der Waals surface area contributed by atoms with Crippen molar-refractivity contribution in [2.75, 3.05) is 39.7 Å². The Hall–Kier alpha value is -2.11. The number of methoxy groups -OCH3 is 3. The molecule has 0 spiro atoms. The maximum Gasteiger partial charge on any atom is 0.124 e. The minimum atomic E-state index is 0.294. The van der Waals surface area contributed by atoms with Crippen LogP contribution in [0.25, 0.3) is 0 Å². The van der Waals surface area contributed by atoms with Crippen LogP contribution in [0.5, 0.6) is 17.2 Å². The van der Waals surface area contributed by atoms with Gasteiger partial charge in [0.1, 0.15) is 17.2 Å². The molecule has 2 aromatic rings. The fourth-order valence-corrected chi connectivity index (χ4v) is 3.85. The normalized spacial score (nSPS) is 15.8. The van der Waals surface area contributed by atoms with Crippen LogP contribution in [0.1, 0.15) is 30.0 Å². The summed E-state index contributed by atoms with van der Waals surface area (Å²) >= 11 is 6.45. The van der Waals surface area contributed by atoms with E-state index in [0.717, 1.165) is 60.3 Å². The lowest BCUT2D eigenvalue weighted by Gasteiger charge is -2.28. The maximum absolute atomic E-state index is 6.45. The average Bonchev–Trinajstić information content (AvgIpc) is 2.70. The summed E-state index contributed by atoms with van der Waals surface area (Å²) in [5.74, 6) is 2.36. The highest BCUT2D eigenvalue weighted by atomic mass is 35.5. The Morgan fingerprint density at radius 2 is 1.59 bits per heavy atom. The molecule has 1 atom stereocenters. The number of benzene rings is 2. The van der Waals surface area contributed by atoms with Crippen LogP contribution < -0.4 is 24.8 Å². The van der Waals surface area contributed by atoms with E-state index < -0.39 is 0 Å². The zero-order valence-electron chi connectivity index (χ0n) is 16.1. The minimum absolute atomic E-state index is 0.294. The van der Waals surface area contributed by atoms with Crippen molar-refractivity contribution in [1.82, 2.24) is 5.32 Å². The monoisotopic (exact) mass is 390 g/mol. The third-order valence-electron chi connectivity index (χ3n) is 4.93. The third-order valence-corrected chi connectivity index (χ3v) is 5.27. The van der Waals surface area contributed by atoms with Gasteiger partial charge in [0, 0.05) is 48.0 Å². The van der Waals surface area contributed by atoms with E-state index in [1.165, 1.54) is 11.1 Å². The van der Waals surface area contributed by atoms with Gasteiger partial charge >= 0.3 is 0 Å². The second kappa shape index (κ2) is 9.20. The number of hydrogen-bond donors (Lipinski definition) is 2. The van der Waals surface area contributed by atoms with Crippen molar-refractivity contribution in [3.8, 4) is 17.2 Å². The van der Waals surface area contributed by atoms with Crippen molar-refractivity contribution in [2.45, 2.75) is 25.3 Å². The van der Waals surface area contributed by atoms with Crippen LogP contribution >= 0.6 is 11.6 Å². The van der Waals surface area contributed by atoms with Crippen molar-refractivity contribution in [3.63, 3.8) is 0 Å². The van der Waals surface area contributed by atoms with Crippen molar-refractivity contribution in [2.24, 2.45) is 0 Å². The molecular formula is C21H27ClN2O3.